The first-order valence-electron chi connectivity index (χ1n) is 5.36. The van der Waals surface area contributed by atoms with Crippen molar-refractivity contribution in [3.63, 3.8) is 0 Å². The van der Waals surface area contributed by atoms with Crippen molar-refractivity contribution in [2.75, 3.05) is 5.32 Å². The number of hydrogen-bond acceptors (Lipinski definition) is 2. The van der Waals surface area contributed by atoms with Crippen LogP contribution in [0, 0.1) is 0 Å². The highest BCUT2D eigenvalue weighted by molar-refractivity contribution is 7.80. The van der Waals surface area contributed by atoms with Crippen LogP contribution in [0.4, 0.5) is 18.9 Å². The van der Waals surface area contributed by atoms with E-state index in [4.69, 9.17) is 12.2 Å². The minimum absolute atomic E-state index is 0.255. The summed E-state index contributed by atoms with van der Waals surface area (Å²) >= 11 is 5.04. The SMILES string of the molecule is FC(F)(F)Oc1ccc(NC(=S)NC2CC2)cc1. The fraction of sp³-hybridized carbons (Fsp3) is 0.364. The maximum absolute atomic E-state index is 11.9. The van der Waals surface area contributed by atoms with E-state index in [2.05, 4.69) is 15.4 Å². The Labute approximate surface area is 107 Å². The minimum atomic E-state index is -4.67. The maximum Gasteiger partial charge on any atom is 0.573 e. The van der Waals surface area contributed by atoms with E-state index < -0.39 is 6.36 Å². The van der Waals surface area contributed by atoms with E-state index in [0.717, 1.165) is 12.8 Å². The van der Waals surface area contributed by atoms with Crippen LogP contribution in [0.1, 0.15) is 12.8 Å². The van der Waals surface area contributed by atoms with Gasteiger partial charge in [-0.2, -0.15) is 0 Å². The molecule has 1 aromatic carbocycles. The molecule has 1 aliphatic carbocycles. The normalized spacial score (nSPS) is 15.1. The number of thiocarbonyl (C=S) groups is 1. The zero-order chi connectivity index (χ0) is 13.2. The minimum Gasteiger partial charge on any atom is -0.406 e. The number of alkyl halides is 3. The van der Waals surface area contributed by atoms with Gasteiger partial charge in [-0.3, -0.25) is 0 Å². The van der Waals surface area contributed by atoms with Crippen LogP contribution in [-0.2, 0) is 0 Å². The first-order chi connectivity index (χ1) is 8.42. The standard InChI is InChI=1S/C11H11F3N2OS/c12-11(13,14)17-9-5-3-8(4-6-9)16-10(18)15-7-1-2-7/h3-7H,1-2H2,(H2,15,16,18). The second-order valence-electron chi connectivity index (χ2n) is 3.94. The highest BCUT2D eigenvalue weighted by atomic mass is 32.1. The molecule has 98 valence electrons. The summed E-state index contributed by atoms with van der Waals surface area (Å²) in [5, 5.41) is 6.43. The van der Waals surface area contributed by atoms with Crippen LogP contribution in [0.25, 0.3) is 0 Å². The molecule has 0 aliphatic heterocycles. The lowest BCUT2D eigenvalue weighted by Gasteiger charge is -2.11. The van der Waals surface area contributed by atoms with Gasteiger partial charge in [0.2, 0.25) is 0 Å². The molecule has 1 saturated carbocycles. The Balaban J connectivity index is 1.88. The molecular weight excluding hydrogens is 265 g/mol. The van der Waals surface area contributed by atoms with Gasteiger partial charge < -0.3 is 15.4 Å². The van der Waals surface area contributed by atoms with E-state index in [1.807, 2.05) is 0 Å². The lowest BCUT2D eigenvalue weighted by atomic mass is 10.3. The summed E-state index contributed by atoms with van der Waals surface area (Å²) in [7, 11) is 0. The topological polar surface area (TPSA) is 33.3 Å². The van der Waals surface area contributed by atoms with Crippen LogP contribution >= 0.6 is 12.2 Å². The Morgan fingerprint density at radius 2 is 1.83 bits per heavy atom. The Bertz CT molecular complexity index is 429. The molecule has 0 unspecified atom stereocenters. The van der Waals surface area contributed by atoms with E-state index in [1.165, 1.54) is 24.3 Å². The lowest BCUT2D eigenvalue weighted by molar-refractivity contribution is -0.274. The second-order valence-corrected chi connectivity index (χ2v) is 4.35. The molecule has 0 saturated heterocycles. The number of benzene rings is 1. The van der Waals surface area contributed by atoms with Gasteiger partial charge >= 0.3 is 6.36 Å². The van der Waals surface area contributed by atoms with Crippen molar-refractivity contribution in [1.29, 1.82) is 0 Å². The Kier molecular flexibility index (Phi) is 3.60. The van der Waals surface area contributed by atoms with Gasteiger partial charge in [-0.05, 0) is 49.3 Å². The molecule has 1 aromatic rings. The monoisotopic (exact) mass is 276 g/mol. The zero-order valence-corrected chi connectivity index (χ0v) is 10.1. The summed E-state index contributed by atoms with van der Waals surface area (Å²) in [6.45, 7) is 0. The van der Waals surface area contributed by atoms with Crippen LogP contribution < -0.4 is 15.4 Å². The summed E-state index contributed by atoms with van der Waals surface area (Å²) in [4.78, 5) is 0. The van der Waals surface area contributed by atoms with Crippen molar-refractivity contribution in [3.8, 4) is 5.75 Å². The van der Waals surface area contributed by atoms with E-state index in [0.29, 0.717) is 16.8 Å². The fourth-order valence-electron chi connectivity index (χ4n) is 1.32. The van der Waals surface area contributed by atoms with Gasteiger partial charge in [0.1, 0.15) is 5.75 Å². The van der Waals surface area contributed by atoms with Gasteiger partial charge in [0.15, 0.2) is 5.11 Å². The number of anilines is 1. The predicted molar refractivity (Wildman–Crippen MR) is 65.5 cm³/mol. The van der Waals surface area contributed by atoms with Crippen molar-refractivity contribution in [1.82, 2.24) is 5.32 Å². The molecule has 0 heterocycles. The van der Waals surface area contributed by atoms with E-state index >= 15 is 0 Å². The van der Waals surface area contributed by atoms with E-state index in [1.54, 1.807) is 0 Å². The first-order valence-corrected chi connectivity index (χ1v) is 5.76. The smallest absolute Gasteiger partial charge is 0.406 e. The van der Waals surface area contributed by atoms with Gasteiger partial charge in [0.25, 0.3) is 0 Å². The van der Waals surface area contributed by atoms with Crippen molar-refractivity contribution in [2.45, 2.75) is 25.2 Å². The van der Waals surface area contributed by atoms with Crippen LogP contribution in [0.2, 0.25) is 0 Å². The number of hydrogen-bond donors (Lipinski definition) is 2. The molecule has 18 heavy (non-hydrogen) atoms. The molecule has 0 amide bonds. The van der Waals surface area contributed by atoms with Crippen LogP contribution in [0.5, 0.6) is 5.75 Å². The first kappa shape index (κ1) is 12.9. The molecule has 1 fully saturated rings. The highest BCUT2D eigenvalue weighted by Crippen LogP contribution is 2.24. The van der Waals surface area contributed by atoms with E-state index in [-0.39, 0.29) is 5.75 Å². The Hall–Kier alpha value is -1.50. The highest BCUT2D eigenvalue weighted by Gasteiger charge is 2.30. The van der Waals surface area contributed by atoms with E-state index in [9.17, 15) is 13.2 Å². The van der Waals surface area contributed by atoms with Crippen LogP contribution in [0.3, 0.4) is 0 Å². The molecule has 2 N–H and O–H groups in total. The molecule has 7 heteroatoms. The number of halogens is 3. The molecule has 0 spiro atoms. The van der Waals surface area contributed by atoms with Crippen molar-refractivity contribution < 1.29 is 17.9 Å². The summed E-state index contributed by atoms with van der Waals surface area (Å²) in [6.07, 6.45) is -2.47. The summed E-state index contributed by atoms with van der Waals surface area (Å²) in [5.74, 6) is -0.255. The summed E-state index contributed by atoms with van der Waals surface area (Å²) in [6, 6.07) is 5.84. The molecular formula is C11H11F3N2OS. The van der Waals surface area contributed by atoms with Crippen molar-refractivity contribution in [3.05, 3.63) is 24.3 Å². The molecule has 0 radical (unpaired) electrons. The molecule has 2 rings (SSSR count). The predicted octanol–water partition coefficient (Wildman–Crippen LogP) is 3.03. The Morgan fingerprint density at radius 3 is 2.33 bits per heavy atom. The van der Waals surface area contributed by atoms with Gasteiger partial charge in [-0.1, -0.05) is 0 Å². The van der Waals surface area contributed by atoms with Gasteiger partial charge in [0, 0.05) is 11.7 Å². The number of rotatable bonds is 3. The third-order valence-electron chi connectivity index (χ3n) is 2.26. The largest absolute Gasteiger partial charge is 0.573 e. The average molecular weight is 276 g/mol. The van der Waals surface area contributed by atoms with Crippen LogP contribution in [0.15, 0.2) is 24.3 Å². The molecule has 0 atom stereocenters. The second kappa shape index (κ2) is 5.01. The van der Waals surface area contributed by atoms with Gasteiger partial charge in [-0.25, -0.2) is 0 Å². The molecule has 3 nitrogen and oxygen atoms in total. The molecule has 0 aromatic heterocycles. The van der Waals surface area contributed by atoms with Gasteiger partial charge in [-0.15, -0.1) is 13.2 Å². The molecule has 0 bridgehead atoms. The average Bonchev–Trinajstić information content (AvgIpc) is 3.02. The number of ether oxygens (including phenoxy) is 1. The zero-order valence-electron chi connectivity index (χ0n) is 9.25. The lowest BCUT2D eigenvalue weighted by Crippen LogP contribution is -2.30. The summed E-state index contributed by atoms with van der Waals surface area (Å²) in [5.41, 5.74) is 0.614. The third kappa shape index (κ3) is 4.40. The van der Waals surface area contributed by atoms with Gasteiger partial charge in [0.05, 0.1) is 0 Å². The van der Waals surface area contributed by atoms with Crippen molar-refractivity contribution in [2.24, 2.45) is 0 Å². The van der Waals surface area contributed by atoms with Crippen molar-refractivity contribution >= 4 is 23.0 Å². The third-order valence-corrected chi connectivity index (χ3v) is 2.48. The fourth-order valence-corrected chi connectivity index (χ4v) is 1.60. The Morgan fingerprint density at radius 1 is 1.22 bits per heavy atom. The summed E-state index contributed by atoms with van der Waals surface area (Å²) < 4.78 is 39.6. The number of nitrogens with one attached hydrogen (secondary N) is 2. The maximum atomic E-state index is 11.9. The quantitative estimate of drug-likeness (QED) is 0.831. The van der Waals surface area contributed by atoms with Crippen LogP contribution in [-0.4, -0.2) is 17.5 Å². The molecule has 1 aliphatic rings.